The van der Waals surface area contributed by atoms with Gasteiger partial charge in [0.05, 0.1) is 39.1 Å². The molecule has 2 atom stereocenters. The number of likely N-dealkylation sites (tertiary alicyclic amines) is 1. The molecule has 2 saturated heterocycles. The minimum Gasteiger partial charge on any atom is -0.382 e. The van der Waals surface area contributed by atoms with Crippen molar-refractivity contribution in [3.05, 3.63) is 35.4 Å². The fourth-order valence-electron chi connectivity index (χ4n) is 4.26. The summed E-state index contributed by atoms with van der Waals surface area (Å²) in [5, 5.41) is 3.47. The Labute approximate surface area is 210 Å². The van der Waals surface area contributed by atoms with Crippen molar-refractivity contribution in [1.29, 1.82) is 0 Å². The zero-order valence-corrected chi connectivity index (χ0v) is 22.3. The first-order valence-electron chi connectivity index (χ1n) is 11.7. The summed E-state index contributed by atoms with van der Waals surface area (Å²) in [5.74, 6) is 1.56. The number of hydrogen-bond acceptors (Lipinski definition) is 5. The molecule has 0 aromatic heterocycles. The number of nitrogens with zero attached hydrogens (tertiary/aromatic N) is 3. The quantitative estimate of drug-likeness (QED) is 0.206. The number of nitrogens with one attached hydrogen (secondary N) is 1. The highest BCUT2D eigenvalue weighted by atomic mass is 127. The first-order valence-corrected chi connectivity index (χ1v) is 11.7. The van der Waals surface area contributed by atoms with Crippen LogP contribution in [0.25, 0.3) is 0 Å². The molecule has 1 N–H and O–H groups in total. The number of benzene rings is 1. The molecule has 7 nitrogen and oxygen atoms in total. The van der Waals surface area contributed by atoms with Crippen molar-refractivity contribution in [2.24, 2.45) is 10.9 Å². The molecule has 2 unspecified atom stereocenters. The van der Waals surface area contributed by atoms with Crippen molar-refractivity contribution in [3.63, 3.8) is 0 Å². The fraction of sp³-hybridized carbons (Fsp3) is 0.708. The minimum absolute atomic E-state index is 0. The maximum absolute atomic E-state index is 5.73. The Morgan fingerprint density at radius 2 is 2.06 bits per heavy atom. The maximum atomic E-state index is 5.73. The summed E-state index contributed by atoms with van der Waals surface area (Å²) in [6, 6.07) is 8.84. The van der Waals surface area contributed by atoms with Gasteiger partial charge in [-0.2, -0.15) is 0 Å². The van der Waals surface area contributed by atoms with Gasteiger partial charge in [0.2, 0.25) is 0 Å². The number of hydrogen-bond donors (Lipinski definition) is 1. The first-order chi connectivity index (χ1) is 15.2. The molecule has 2 heterocycles. The van der Waals surface area contributed by atoms with E-state index < -0.39 is 0 Å². The van der Waals surface area contributed by atoms with Gasteiger partial charge in [-0.25, -0.2) is 4.99 Å². The van der Waals surface area contributed by atoms with Crippen LogP contribution in [0, 0.1) is 5.92 Å². The standard InChI is InChI=1S/C24H40N4O3.HI/c1-4-25-24(28-9-8-23(18-28)19-30-13-12-29-3)26-15-21-6-5-7-22(14-21)17-27-10-11-31-20(2)16-27;/h5-7,14,20,23H,4,8-13,15-19H2,1-3H3,(H,25,26);1H. The number of rotatable bonds is 10. The number of halogens is 1. The lowest BCUT2D eigenvalue weighted by atomic mass is 10.1. The lowest BCUT2D eigenvalue weighted by Gasteiger charge is -2.31. The van der Waals surface area contributed by atoms with E-state index in [4.69, 9.17) is 19.2 Å². The molecule has 0 bridgehead atoms. The Balaban J connectivity index is 0.00000363. The average Bonchev–Trinajstić information content (AvgIpc) is 3.23. The van der Waals surface area contributed by atoms with E-state index in [0.717, 1.165) is 64.9 Å². The van der Waals surface area contributed by atoms with Gasteiger partial charge >= 0.3 is 0 Å². The average molecular weight is 561 g/mol. The smallest absolute Gasteiger partial charge is 0.194 e. The molecule has 0 amide bonds. The predicted molar refractivity (Wildman–Crippen MR) is 140 cm³/mol. The van der Waals surface area contributed by atoms with Crippen molar-refractivity contribution >= 4 is 29.9 Å². The molecule has 0 saturated carbocycles. The third-order valence-corrected chi connectivity index (χ3v) is 5.84. The zero-order valence-electron chi connectivity index (χ0n) is 19.9. The molecule has 32 heavy (non-hydrogen) atoms. The summed E-state index contributed by atoms with van der Waals surface area (Å²) < 4.78 is 16.4. The van der Waals surface area contributed by atoms with Crippen LogP contribution in [0.5, 0.6) is 0 Å². The van der Waals surface area contributed by atoms with E-state index >= 15 is 0 Å². The van der Waals surface area contributed by atoms with Crippen LogP contribution in [0.15, 0.2) is 29.3 Å². The molecule has 1 aromatic carbocycles. The predicted octanol–water partition coefficient (Wildman–Crippen LogP) is 2.98. The molecule has 1 aromatic rings. The highest BCUT2D eigenvalue weighted by Gasteiger charge is 2.25. The second-order valence-electron chi connectivity index (χ2n) is 8.58. The van der Waals surface area contributed by atoms with Crippen LogP contribution in [0.3, 0.4) is 0 Å². The molecular weight excluding hydrogens is 519 g/mol. The van der Waals surface area contributed by atoms with Crippen LogP contribution in [0.1, 0.15) is 31.4 Å². The van der Waals surface area contributed by atoms with Gasteiger partial charge in [0.1, 0.15) is 0 Å². The third-order valence-electron chi connectivity index (χ3n) is 5.84. The Kier molecular flexibility index (Phi) is 12.8. The van der Waals surface area contributed by atoms with Gasteiger partial charge < -0.3 is 24.4 Å². The summed E-state index contributed by atoms with van der Waals surface area (Å²) in [5.41, 5.74) is 2.61. The van der Waals surface area contributed by atoms with Crippen LogP contribution in [0.4, 0.5) is 0 Å². The Morgan fingerprint density at radius 1 is 1.22 bits per heavy atom. The van der Waals surface area contributed by atoms with Gasteiger partial charge in [-0.05, 0) is 31.4 Å². The van der Waals surface area contributed by atoms with E-state index in [1.807, 2.05) is 0 Å². The van der Waals surface area contributed by atoms with Crippen molar-refractivity contribution in [1.82, 2.24) is 15.1 Å². The molecule has 2 fully saturated rings. The van der Waals surface area contributed by atoms with Crippen molar-refractivity contribution in [2.75, 3.05) is 66.3 Å². The molecule has 0 spiro atoms. The van der Waals surface area contributed by atoms with Crippen LogP contribution >= 0.6 is 24.0 Å². The summed E-state index contributed by atoms with van der Waals surface area (Å²) in [4.78, 5) is 9.79. The van der Waals surface area contributed by atoms with Gasteiger partial charge in [0.15, 0.2) is 5.96 Å². The van der Waals surface area contributed by atoms with E-state index in [1.165, 1.54) is 11.1 Å². The highest BCUT2D eigenvalue weighted by Crippen LogP contribution is 2.17. The zero-order chi connectivity index (χ0) is 21.9. The van der Waals surface area contributed by atoms with Gasteiger partial charge in [0, 0.05) is 52.3 Å². The van der Waals surface area contributed by atoms with E-state index in [9.17, 15) is 0 Å². The second kappa shape index (κ2) is 15.1. The number of aliphatic imine (C=N–C) groups is 1. The molecule has 182 valence electrons. The highest BCUT2D eigenvalue weighted by molar-refractivity contribution is 14.0. The topological polar surface area (TPSA) is 58.6 Å². The van der Waals surface area contributed by atoms with E-state index in [2.05, 4.69) is 53.2 Å². The van der Waals surface area contributed by atoms with Crippen LogP contribution in [-0.2, 0) is 27.3 Å². The van der Waals surface area contributed by atoms with E-state index in [0.29, 0.717) is 31.8 Å². The Hall–Kier alpha value is -0.940. The summed E-state index contributed by atoms with van der Waals surface area (Å²) in [6.45, 7) is 13.8. The van der Waals surface area contributed by atoms with Crippen molar-refractivity contribution < 1.29 is 14.2 Å². The lowest BCUT2D eigenvalue weighted by Crippen LogP contribution is -2.40. The number of methoxy groups -OCH3 is 1. The third kappa shape index (κ3) is 9.13. The van der Waals surface area contributed by atoms with E-state index in [-0.39, 0.29) is 24.0 Å². The fourth-order valence-corrected chi connectivity index (χ4v) is 4.26. The van der Waals surface area contributed by atoms with Gasteiger partial charge in [-0.3, -0.25) is 4.90 Å². The number of morpholine rings is 1. The van der Waals surface area contributed by atoms with Crippen LogP contribution in [0.2, 0.25) is 0 Å². The Bertz CT molecular complexity index is 691. The molecule has 2 aliphatic rings. The van der Waals surface area contributed by atoms with Crippen LogP contribution < -0.4 is 5.32 Å². The number of ether oxygens (including phenoxy) is 3. The van der Waals surface area contributed by atoms with Gasteiger partial charge in [0.25, 0.3) is 0 Å². The van der Waals surface area contributed by atoms with E-state index in [1.54, 1.807) is 7.11 Å². The minimum atomic E-state index is 0. The Morgan fingerprint density at radius 3 is 2.84 bits per heavy atom. The van der Waals surface area contributed by atoms with Crippen molar-refractivity contribution in [3.8, 4) is 0 Å². The largest absolute Gasteiger partial charge is 0.382 e. The number of guanidine groups is 1. The first kappa shape index (κ1) is 27.3. The van der Waals surface area contributed by atoms with Gasteiger partial charge in [-0.1, -0.05) is 24.3 Å². The summed E-state index contributed by atoms with van der Waals surface area (Å²) in [7, 11) is 1.71. The summed E-state index contributed by atoms with van der Waals surface area (Å²) >= 11 is 0. The molecule has 2 aliphatic heterocycles. The molecule has 8 heteroatoms. The maximum Gasteiger partial charge on any atom is 0.194 e. The second-order valence-corrected chi connectivity index (χ2v) is 8.58. The van der Waals surface area contributed by atoms with Crippen LogP contribution in [-0.4, -0.2) is 88.1 Å². The molecule has 0 radical (unpaired) electrons. The molecule has 3 rings (SSSR count). The van der Waals surface area contributed by atoms with Gasteiger partial charge in [-0.15, -0.1) is 24.0 Å². The van der Waals surface area contributed by atoms with Crippen molar-refractivity contribution in [2.45, 2.75) is 39.5 Å². The lowest BCUT2D eigenvalue weighted by molar-refractivity contribution is -0.0212. The summed E-state index contributed by atoms with van der Waals surface area (Å²) in [6.07, 6.45) is 1.46. The SMILES string of the molecule is CCNC(=NCc1cccc(CN2CCOC(C)C2)c1)N1CCC(COCCOC)C1.I. The monoisotopic (exact) mass is 560 g/mol. The molecular formula is C24H41IN4O3. The normalized spacial score (nSPS) is 22.1. The molecule has 0 aliphatic carbocycles.